The standard InChI is InChI=1S/C18H21BrN2O/c1-12-5-10-16(15(19)11-12)21-17(22)20-14-8-6-13(7-9-14)18(2,3)4/h5-11H,1-4H3,(H2,20,21,22). The molecule has 4 heteroatoms. The predicted molar refractivity (Wildman–Crippen MR) is 96.7 cm³/mol. The summed E-state index contributed by atoms with van der Waals surface area (Å²) in [4.78, 5) is 12.1. The van der Waals surface area contributed by atoms with Crippen LogP contribution in [-0.4, -0.2) is 6.03 Å². The van der Waals surface area contributed by atoms with Gasteiger partial charge in [0.15, 0.2) is 0 Å². The van der Waals surface area contributed by atoms with Crippen molar-refractivity contribution in [1.29, 1.82) is 0 Å². The summed E-state index contributed by atoms with van der Waals surface area (Å²) in [5.74, 6) is 0. The molecule has 0 radical (unpaired) electrons. The number of amides is 2. The van der Waals surface area contributed by atoms with E-state index >= 15 is 0 Å². The fraction of sp³-hybridized carbons (Fsp3) is 0.278. The first-order chi connectivity index (χ1) is 10.3. The van der Waals surface area contributed by atoms with Gasteiger partial charge in [0.25, 0.3) is 0 Å². The normalized spacial score (nSPS) is 11.1. The molecule has 2 amide bonds. The fourth-order valence-corrected chi connectivity index (χ4v) is 2.65. The van der Waals surface area contributed by atoms with Crippen molar-refractivity contribution in [3.63, 3.8) is 0 Å². The quantitative estimate of drug-likeness (QED) is 0.708. The van der Waals surface area contributed by atoms with E-state index in [0.29, 0.717) is 0 Å². The van der Waals surface area contributed by atoms with Crippen molar-refractivity contribution in [3.05, 3.63) is 58.1 Å². The summed E-state index contributed by atoms with van der Waals surface area (Å²) in [6.45, 7) is 8.50. The number of urea groups is 1. The Hall–Kier alpha value is -1.81. The minimum absolute atomic E-state index is 0.105. The molecule has 0 aromatic heterocycles. The minimum Gasteiger partial charge on any atom is -0.308 e. The molecule has 3 nitrogen and oxygen atoms in total. The molecule has 0 atom stereocenters. The van der Waals surface area contributed by atoms with Crippen molar-refractivity contribution in [2.45, 2.75) is 33.1 Å². The van der Waals surface area contributed by atoms with E-state index in [2.05, 4.69) is 47.3 Å². The maximum absolute atomic E-state index is 12.1. The highest BCUT2D eigenvalue weighted by Gasteiger charge is 2.13. The Morgan fingerprint density at radius 2 is 1.64 bits per heavy atom. The molecule has 0 bridgehead atoms. The van der Waals surface area contributed by atoms with Crippen LogP contribution in [0.4, 0.5) is 16.2 Å². The highest BCUT2D eigenvalue weighted by molar-refractivity contribution is 9.10. The average Bonchev–Trinajstić information content (AvgIpc) is 2.41. The molecule has 0 spiro atoms. The number of hydrogen-bond donors (Lipinski definition) is 2. The van der Waals surface area contributed by atoms with Crippen LogP contribution in [0.1, 0.15) is 31.9 Å². The topological polar surface area (TPSA) is 41.1 Å². The predicted octanol–water partition coefficient (Wildman–Crippen LogP) is 5.70. The first-order valence-corrected chi connectivity index (χ1v) is 8.00. The van der Waals surface area contributed by atoms with Crippen molar-refractivity contribution in [2.24, 2.45) is 0 Å². The fourth-order valence-electron chi connectivity index (χ4n) is 2.06. The molecule has 116 valence electrons. The van der Waals surface area contributed by atoms with Crippen LogP contribution in [0, 0.1) is 6.92 Å². The molecule has 0 fully saturated rings. The smallest absolute Gasteiger partial charge is 0.308 e. The van der Waals surface area contributed by atoms with E-state index < -0.39 is 0 Å². The Balaban J connectivity index is 2.03. The summed E-state index contributed by atoms with van der Waals surface area (Å²) in [5, 5.41) is 5.67. The van der Waals surface area contributed by atoms with Gasteiger partial charge in [0.2, 0.25) is 0 Å². The van der Waals surface area contributed by atoms with E-state index in [1.807, 2.05) is 49.4 Å². The molecule has 2 N–H and O–H groups in total. The number of hydrogen-bond acceptors (Lipinski definition) is 1. The van der Waals surface area contributed by atoms with Crippen LogP contribution >= 0.6 is 15.9 Å². The summed E-state index contributed by atoms with van der Waals surface area (Å²) in [7, 11) is 0. The Morgan fingerprint density at radius 3 is 2.18 bits per heavy atom. The number of aryl methyl sites for hydroxylation is 1. The molecule has 0 saturated carbocycles. The average molecular weight is 361 g/mol. The van der Waals surface area contributed by atoms with Crippen LogP contribution in [0.15, 0.2) is 46.9 Å². The van der Waals surface area contributed by atoms with Gasteiger partial charge in [-0.2, -0.15) is 0 Å². The van der Waals surface area contributed by atoms with Gasteiger partial charge in [-0.05, 0) is 63.7 Å². The molecule has 2 rings (SSSR count). The highest BCUT2D eigenvalue weighted by atomic mass is 79.9. The minimum atomic E-state index is -0.256. The lowest BCUT2D eigenvalue weighted by Gasteiger charge is -2.19. The molecule has 0 aliphatic rings. The molecule has 22 heavy (non-hydrogen) atoms. The van der Waals surface area contributed by atoms with Crippen molar-refractivity contribution in [1.82, 2.24) is 0 Å². The Labute approximate surface area is 140 Å². The van der Waals surface area contributed by atoms with Gasteiger partial charge in [-0.25, -0.2) is 4.79 Å². The summed E-state index contributed by atoms with van der Waals surface area (Å²) >= 11 is 3.45. The van der Waals surface area contributed by atoms with Crippen LogP contribution in [-0.2, 0) is 5.41 Å². The summed E-state index contributed by atoms with van der Waals surface area (Å²) in [6.07, 6.45) is 0. The second kappa shape index (κ2) is 6.53. The van der Waals surface area contributed by atoms with Crippen LogP contribution in [0.5, 0.6) is 0 Å². The lowest BCUT2D eigenvalue weighted by Crippen LogP contribution is -2.20. The number of halogens is 1. The van der Waals surface area contributed by atoms with Gasteiger partial charge < -0.3 is 10.6 Å². The summed E-state index contributed by atoms with van der Waals surface area (Å²) in [5.41, 5.74) is 3.99. The van der Waals surface area contributed by atoms with E-state index in [0.717, 1.165) is 21.4 Å². The van der Waals surface area contributed by atoms with E-state index in [1.165, 1.54) is 5.56 Å². The van der Waals surface area contributed by atoms with E-state index in [4.69, 9.17) is 0 Å². The molecule has 2 aromatic carbocycles. The van der Waals surface area contributed by atoms with Crippen molar-refractivity contribution in [2.75, 3.05) is 10.6 Å². The summed E-state index contributed by atoms with van der Waals surface area (Å²) < 4.78 is 0.866. The van der Waals surface area contributed by atoms with Crippen LogP contribution < -0.4 is 10.6 Å². The Morgan fingerprint density at radius 1 is 1.00 bits per heavy atom. The van der Waals surface area contributed by atoms with Crippen LogP contribution in [0.2, 0.25) is 0 Å². The third-order valence-electron chi connectivity index (χ3n) is 3.38. The van der Waals surface area contributed by atoms with Crippen molar-refractivity contribution >= 4 is 33.3 Å². The van der Waals surface area contributed by atoms with Crippen LogP contribution in [0.3, 0.4) is 0 Å². The molecule has 2 aromatic rings. The zero-order valence-corrected chi connectivity index (χ0v) is 14.9. The van der Waals surface area contributed by atoms with Crippen LogP contribution in [0.25, 0.3) is 0 Å². The van der Waals surface area contributed by atoms with Gasteiger partial charge in [0, 0.05) is 10.2 Å². The lowest BCUT2D eigenvalue weighted by molar-refractivity contribution is 0.262. The zero-order chi connectivity index (χ0) is 16.3. The Bertz CT molecular complexity index is 672. The lowest BCUT2D eigenvalue weighted by atomic mass is 9.87. The number of nitrogens with one attached hydrogen (secondary N) is 2. The number of rotatable bonds is 2. The van der Waals surface area contributed by atoms with Gasteiger partial charge in [-0.3, -0.25) is 0 Å². The van der Waals surface area contributed by atoms with Gasteiger partial charge in [-0.1, -0.05) is 39.0 Å². The maximum Gasteiger partial charge on any atom is 0.323 e. The number of carbonyl (C=O) groups is 1. The number of anilines is 2. The maximum atomic E-state index is 12.1. The number of carbonyl (C=O) groups excluding carboxylic acids is 1. The monoisotopic (exact) mass is 360 g/mol. The number of benzene rings is 2. The first-order valence-electron chi connectivity index (χ1n) is 7.20. The van der Waals surface area contributed by atoms with Gasteiger partial charge in [-0.15, -0.1) is 0 Å². The SMILES string of the molecule is Cc1ccc(NC(=O)Nc2ccc(C(C)(C)C)cc2)c(Br)c1. The molecule has 0 saturated heterocycles. The second-order valence-corrected chi connectivity index (χ2v) is 7.24. The largest absolute Gasteiger partial charge is 0.323 e. The molecule has 0 heterocycles. The molecular weight excluding hydrogens is 340 g/mol. The van der Waals surface area contributed by atoms with Gasteiger partial charge in [0.05, 0.1) is 5.69 Å². The third kappa shape index (κ3) is 4.34. The summed E-state index contributed by atoms with van der Waals surface area (Å²) in [6, 6.07) is 13.5. The second-order valence-electron chi connectivity index (χ2n) is 6.39. The van der Waals surface area contributed by atoms with Crippen molar-refractivity contribution < 1.29 is 4.79 Å². The van der Waals surface area contributed by atoms with E-state index in [1.54, 1.807) is 0 Å². The molecular formula is C18H21BrN2O. The first kappa shape index (κ1) is 16.6. The van der Waals surface area contributed by atoms with E-state index in [-0.39, 0.29) is 11.4 Å². The van der Waals surface area contributed by atoms with E-state index in [9.17, 15) is 4.79 Å². The highest BCUT2D eigenvalue weighted by Crippen LogP contribution is 2.25. The zero-order valence-electron chi connectivity index (χ0n) is 13.3. The van der Waals surface area contributed by atoms with Gasteiger partial charge >= 0.3 is 6.03 Å². The van der Waals surface area contributed by atoms with Crippen molar-refractivity contribution in [3.8, 4) is 0 Å². The third-order valence-corrected chi connectivity index (χ3v) is 4.04. The molecule has 0 aliphatic heterocycles. The molecule has 0 unspecified atom stereocenters. The van der Waals surface area contributed by atoms with Gasteiger partial charge in [0.1, 0.15) is 0 Å². The molecule has 0 aliphatic carbocycles. The Kier molecular flexibility index (Phi) is 4.91.